The Morgan fingerprint density at radius 1 is 1.33 bits per heavy atom. The van der Waals surface area contributed by atoms with E-state index in [4.69, 9.17) is 9.84 Å². The molecule has 1 saturated heterocycles. The largest absolute Gasteiger partial charge is 0.478 e. The Kier molecular flexibility index (Phi) is 3.65. The lowest BCUT2D eigenvalue weighted by Crippen LogP contribution is -2.48. The van der Waals surface area contributed by atoms with E-state index in [-0.39, 0.29) is 17.4 Å². The number of carbonyl (C=O) groups is 1. The number of nitrogens with one attached hydrogen (secondary N) is 1. The molecule has 98 valence electrons. The van der Waals surface area contributed by atoms with Gasteiger partial charge in [-0.25, -0.2) is 17.9 Å². The molecule has 0 bridgehead atoms. The molecule has 1 aromatic rings. The van der Waals surface area contributed by atoms with Crippen molar-refractivity contribution in [1.29, 1.82) is 0 Å². The van der Waals surface area contributed by atoms with Crippen molar-refractivity contribution in [3.05, 3.63) is 35.4 Å². The lowest BCUT2D eigenvalue weighted by Gasteiger charge is -2.26. The zero-order valence-corrected chi connectivity index (χ0v) is 10.3. The van der Waals surface area contributed by atoms with Crippen molar-refractivity contribution < 1.29 is 23.1 Å². The Bertz CT molecular complexity index is 533. The maximum atomic E-state index is 11.7. The van der Waals surface area contributed by atoms with Gasteiger partial charge in [0.1, 0.15) is 0 Å². The summed E-state index contributed by atoms with van der Waals surface area (Å²) in [6.07, 6.45) is 0. The first-order valence-electron chi connectivity index (χ1n) is 5.36. The van der Waals surface area contributed by atoms with Gasteiger partial charge in [-0.3, -0.25) is 0 Å². The number of carboxylic acid groups (broad SMARTS) is 1. The third-order valence-corrected chi connectivity index (χ3v) is 3.95. The van der Waals surface area contributed by atoms with Crippen LogP contribution >= 0.6 is 0 Å². The molecule has 0 aromatic heterocycles. The normalized spacial score (nSPS) is 16.2. The molecule has 0 unspecified atom stereocenters. The molecule has 0 radical (unpaired) electrons. The highest BCUT2D eigenvalue weighted by Gasteiger charge is 2.24. The van der Waals surface area contributed by atoms with Gasteiger partial charge in [0.2, 0.25) is 10.0 Å². The van der Waals surface area contributed by atoms with Gasteiger partial charge in [0.15, 0.2) is 0 Å². The summed E-state index contributed by atoms with van der Waals surface area (Å²) >= 11 is 0. The molecule has 1 heterocycles. The fourth-order valence-electron chi connectivity index (χ4n) is 1.56. The Labute approximate surface area is 105 Å². The molecule has 1 aliphatic rings. The van der Waals surface area contributed by atoms with Crippen molar-refractivity contribution in [3.63, 3.8) is 0 Å². The lowest BCUT2D eigenvalue weighted by molar-refractivity contribution is 0.00480. The molecule has 0 aliphatic carbocycles. The molecular formula is C11H13NO5S. The summed E-state index contributed by atoms with van der Waals surface area (Å²) < 4.78 is 30.9. The van der Waals surface area contributed by atoms with Crippen LogP contribution in [0.5, 0.6) is 0 Å². The first kappa shape index (κ1) is 13.0. The molecule has 0 saturated carbocycles. The predicted molar refractivity (Wildman–Crippen MR) is 63.8 cm³/mol. The fraction of sp³-hybridized carbons (Fsp3) is 0.364. The summed E-state index contributed by atoms with van der Waals surface area (Å²) in [6.45, 7) is 0.800. The molecule has 2 rings (SSSR count). The van der Waals surface area contributed by atoms with E-state index in [2.05, 4.69) is 4.72 Å². The van der Waals surface area contributed by atoms with Gasteiger partial charge in [0.05, 0.1) is 30.6 Å². The van der Waals surface area contributed by atoms with Gasteiger partial charge >= 0.3 is 5.97 Å². The SMILES string of the molecule is O=C(O)c1ccc(CS(=O)(=O)NC2COC2)cc1. The highest BCUT2D eigenvalue weighted by molar-refractivity contribution is 7.88. The van der Waals surface area contributed by atoms with Crippen molar-refractivity contribution in [3.8, 4) is 0 Å². The van der Waals surface area contributed by atoms with Crippen LogP contribution in [-0.4, -0.2) is 38.7 Å². The van der Waals surface area contributed by atoms with Crippen molar-refractivity contribution >= 4 is 16.0 Å². The van der Waals surface area contributed by atoms with Crippen LogP contribution in [0.15, 0.2) is 24.3 Å². The second-order valence-electron chi connectivity index (χ2n) is 4.11. The molecule has 0 atom stereocenters. The number of aromatic carboxylic acids is 1. The Morgan fingerprint density at radius 2 is 1.94 bits per heavy atom. The third-order valence-electron chi connectivity index (χ3n) is 2.54. The minimum Gasteiger partial charge on any atom is -0.478 e. The van der Waals surface area contributed by atoms with E-state index in [1.165, 1.54) is 24.3 Å². The molecular weight excluding hydrogens is 258 g/mol. The van der Waals surface area contributed by atoms with Crippen LogP contribution in [0.25, 0.3) is 0 Å². The van der Waals surface area contributed by atoms with E-state index < -0.39 is 16.0 Å². The fourth-order valence-corrected chi connectivity index (χ4v) is 2.92. The van der Waals surface area contributed by atoms with Crippen LogP contribution < -0.4 is 4.72 Å². The number of carboxylic acids is 1. The number of hydrogen-bond acceptors (Lipinski definition) is 4. The number of benzene rings is 1. The first-order valence-corrected chi connectivity index (χ1v) is 7.01. The Balaban J connectivity index is 2.01. The van der Waals surface area contributed by atoms with Crippen molar-refractivity contribution in [2.45, 2.75) is 11.8 Å². The zero-order chi connectivity index (χ0) is 13.2. The van der Waals surface area contributed by atoms with Crippen LogP contribution in [0.1, 0.15) is 15.9 Å². The summed E-state index contributed by atoms with van der Waals surface area (Å²) in [5.41, 5.74) is 0.684. The summed E-state index contributed by atoms with van der Waals surface area (Å²) in [4.78, 5) is 10.6. The number of rotatable bonds is 5. The average Bonchev–Trinajstić information content (AvgIpc) is 2.24. The van der Waals surface area contributed by atoms with Crippen molar-refractivity contribution in [2.24, 2.45) is 0 Å². The molecule has 0 spiro atoms. The third kappa shape index (κ3) is 3.28. The molecule has 2 N–H and O–H groups in total. The van der Waals surface area contributed by atoms with E-state index in [1.807, 2.05) is 0 Å². The molecule has 7 heteroatoms. The Morgan fingerprint density at radius 3 is 2.39 bits per heavy atom. The summed E-state index contributed by atoms with van der Waals surface area (Å²) in [5, 5.41) is 8.72. The van der Waals surface area contributed by atoms with Crippen LogP contribution in [0.3, 0.4) is 0 Å². The second-order valence-corrected chi connectivity index (χ2v) is 5.87. The Hall–Kier alpha value is -1.44. The molecule has 1 fully saturated rings. The van der Waals surface area contributed by atoms with Gasteiger partial charge in [0.25, 0.3) is 0 Å². The zero-order valence-electron chi connectivity index (χ0n) is 9.50. The monoisotopic (exact) mass is 271 g/mol. The van der Waals surface area contributed by atoms with Crippen molar-refractivity contribution in [2.75, 3.05) is 13.2 Å². The van der Waals surface area contributed by atoms with Crippen LogP contribution in [0, 0.1) is 0 Å². The van der Waals surface area contributed by atoms with Crippen molar-refractivity contribution in [1.82, 2.24) is 4.72 Å². The van der Waals surface area contributed by atoms with Crippen LogP contribution in [0.2, 0.25) is 0 Å². The predicted octanol–water partition coefficient (Wildman–Crippen LogP) is 0.203. The van der Waals surface area contributed by atoms with E-state index in [0.717, 1.165) is 0 Å². The molecule has 6 nitrogen and oxygen atoms in total. The highest BCUT2D eigenvalue weighted by Crippen LogP contribution is 2.10. The van der Waals surface area contributed by atoms with E-state index in [9.17, 15) is 13.2 Å². The highest BCUT2D eigenvalue weighted by atomic mass is 32.2. The minimum absolute atomic E-state index is 0.136. The summed E-state index contributed by atoms with van der Waals surface area (Å²) in [5.74, 6) is -1.20. The minimum atomic E-state index is -3.41. The number of hydrogen-bond donors (Lipinski definition) is 2. The molecule has 1 aromatic carbocycles. The van der Waals surface area contributed by atoms with Gasteiger partial charge in [-0.1, -0.05) is 12.1 Å². The van der Waals surface area contributed by atoms with Gasteiger partial charge in [-0.2, -0.15) is 0 Å². The van der Waals surface area contributed by atoms with Gasteiger partial charge in [-0.05, 0) is 17.7 Å². The average molecular weight is 271 g/mol. The lowest BCUT2D eigenvalue weighted by atomic mass is 10.1. The quantitative estimate of drug-likeness (QED) is 0.798. The van der Waals surface area contributed by atoms with Gasteiger partial charge in [-0.15, -0.1) is 0 Å². The molecule has 0 amide bonds. The van der Waals surface area contributed by atoms with Crippen LogP contribution in [0.4, 0.5) is 0 Å². The number of ether oxygens (including phenoxy) is 1. The standard InChI is InChI=1S/C11H13NO5S/c13-11(14)9-3-1-8(2-4-9)7-18(15,16)12-10-5-17-6-10/h1-4,10,12H,5-7H2,(H,13,14). The van der Waals surface area contributed by atoms with Gasteiger partial charge in [0, 0.05) is 0 Å². The smallest absolute Gasteiger partial charge is 0.335 e. The summed E-state index contributed by atoms with van der Waals surface area (Å²) in [6, 6.07) is 5.63. The van der Waals surface area contributed by atoms with Gasteiger partial charge < -0.3 is 9.84 Å². The second kappa shape index (κ2) is 5.05. The molecule has 18 heavy (non-hydrogen) atoms. The molecule has 1 aliphatic heterocycles. The van der Waals surface area contributed by atoms with E-state index >= 15 is 0 Å². The maximum absolute atomic E-state index is 11.7. The van der Waals surface area contributed by atoms with Crippen LogP contribution in [-0.2, 0) is 20.5 Å². The summed E-state index contributed by atoms with van der Waals surface area (Å²) in [7, 11) is -3.41. The topological polar surface area (TPSA) is 92.7 Å². The van der Waals surface area contributed by atoms with E-state index in [0.29, 0.717) is 18.8 Å². The number of sulfonamides is 1. The van der Waals surface area contributed by atoms with E-state index in [1.54, 1.807) is 0 Å². The maximum Gasteiger partial charge on any atom is 0.335 e. The first-order chi connectivity index (χ1) is 8.46.